The minimum absolute atomic E-state index is 0.265. The molecule has 0 spiro atoms. The molecule has 0 saturated carbocycles. The van der Waals surface area contributed by atoms with Gasteiger partial charge >= 0.3 is 5.97 Å². The molecule has 1 aromatic rings. The lowest BCUT2D eigenvalue weighted by Crippen LogP contribution is -2.47. The van der Waals surface area contributed by atoms with Gasteiger partial charge in [0.15, 0.2) is 5.03 Å². The van der Waals surface area contributed by atoms with Crippen molar-refractivity contribution in [3.05, 3.63) is 12.0 Å². The summed E-state index contributed by atoms with van der Waals surface area (Å²) in [6, 6.07) is -1.61. The zero-order valence-corrected chi connectivity index (χ0v) is 11.7. The van der Waals surface area contributed by atoms with E-state index >= 15 is 0 Å². The summed E-state index contributed by atoms with van der Waals surface area (Å²) in [5, 5.41) is 17.8. The van der Waals surface area contributed by atoms with Gasteiger partial charge in [0, 0.05) is 12.7 Å². The van der Waals surface area contributed by atoms with Gasteiger partial charge < -0.3 is 14.8 Å². The summed E-state index contributed by atoms with van der Waals surface area (Å²) in [4.78, 5) is 14.7. The van der Waals surface area contributed by atoms with Crippen LogP contribution in [0.5, 0.6) is 0 Å². The van der Waals surface area contributed by atoms with Crippen molar-refractivity contribution in [2.24, 2.45) is 0 Å². The van der Waals surface area contributed by atoms with E-state index in [1.807, 2.05) is 11.6 Å². The third-order valence-corrected chi connectivity index (χ3v) is 3.91. The maximum absolute atomic E-state index is 12.0. The van der Waals surface area contributed by atoms with Gasteiger partial charge in [-0.2, -0.15) is 4.72 Å². The molecule has 1 heterocycles. The number of imidazole rings is 1. The second kappa shape index (κ2) is 5.68. The highest BCUT2D eigenvalue weighted by Crippen LogP contribution is 2.10. The van der Waals surface area contributed by atoms with Crippen LogP contribution in [0.25, 0.3) is 0 Å². The highest BCUT2D eigenvalue weighted by Gasteiger charge is 2.30. The van der Waals surface area contributed by atoms with E-state index in [0.29, 0.717) is 12.4 Å². The molecule has 0 aliphatic carbocycles. The topological polar surface area (TPSA) is 122 Å². The van der Waals surface area contributed by atoms with Gasteiger partial charge in [-0.05, 0) is 20.8 Å². The van der Waals surface area contributed by atoms with Gasteiger partial charge in [-0.25, -0.2) is 13.4 Å². The number of carboxylic acids is 1. The van der Waals surface area contributed by atoms with Crippen LogP contribution in [0.3, 0.4) is 0 Å². The Morgan fingerprint density at radius 3 is 2.53 bits per heavy atom. The third kappa shape index (κ3) is 3.52. The van der Waals surface area contributed by atoms with E-state index in [4.69, 9.17) is 5.11 Å². The monoisotopic (exact) mass is 291 g/mol. The Labute approximate surface area is 111 Å². The van der Waals surface area contributed by atoms with Crippen molar-refractivity contribution in [3.8, 4) is 0 Å². The van der Waals surface area contributed by atoms with E-state index in [9.17, 15) is 18.3 Å². The van der Waals surface area contributed by atoms with Crippen LogP contribution >= 0.6 is 0 Å². The number of aryl methyl sites for hydroxylation is 2. The van der Waals surface area contributed by atoms with Crippen LogP contribution in [0.15, 0.2) is 11.2 Å². The fraction of sp³-hybridized carbons (Fsp3) is 0.600. The van der Waals surface area contributed by atoms with E-state index in [1.54, 1.807) is 11.5 Å². The van der Waals surface area contributed by atoms with Crippen molar-refractivity contribution in [3.63, 3.8) is 0 Å². The maximum atomic E-state index is 12.0. The Morgan fingerprint density at radius 2 is 2.16 bits per heavy atom. The number of aromatic nitrogens is 2. The Kier molecular flexibility index (Phi) is 4.66. The molecule has 0 unspecified atom stereocenters. The van der Waals surface area contributed by atoms with Crippen LogP contribution in [0.1, 0.15) is 19.7 Å². The van der Waals surface area contributed by atoms with E-state index in [0.717, 1.165) is 0 Å². The highest BCUT2D eigenvalue weighted by atomic mass is 32.2. The molecule has 1 aromatic heterocycles. The Morgan fingerprint density at radius 1 is 1.58 bits per heavy atom. The van der Waals surface area contributed by atoms with Crippen molar-refractivity contribution in [1.82, 2.24) is 14.3 Å². The number of aliphatic hydroxyl groups is 1. The molecule has 0 aliphatic rings. The fourth-order valence-electron chi connectivity index (χ4n) is 1.51. The number of carboxylic acid groups (broad SMARTS) is 1. The largest absolute Gasteiger partial charge is 0.480 e. The van der Waals surface area contributed by atoms with E-state index in [1.165, 1.54) is 13.1 Å². The first-order valence-corrected chi connectivity index (χ1v) is 7.14. The van der Waals surface area contributed by atoms with E-state index in [-0.39, 0.29) is 5.03 Å². The van der Waals surface area contributed by atoms with Crippen LogP contribution < -0.4 is 4.72 Å². The van der Waals surface area contributed by atoms with Crippen LogP contribution in [-0.4, -0.2) is 46.3 Å². The molecule has 0 fully saturated rings. The smallest absolute Gasteiger partial charge is 0.324 e. The lowest BCUT2D eigenvalue weighted by molar-refractivity contribution is -0.141. The van der Waals surface area contributed by atoms with Crippen LogP contribution in [0, 0.1) is 6.92 Å². The van der Waals surface area contributed by atoms with Crippen molar-refractivity contribution >= 4 is 16.0 Å². The van der Waals surface area contributed by atoms with Gasteiger partial charge in [0.1, 0.15) is 11.9 Å². The molecule has 9 heteroatoms. The number of hydrogen-bond donors (Lipinski definition) is 3. The molecule has 19 heavy (non-hydrogen) atoms. The number of aliphatic carboxylic acids is 1. The summed E-state index contributed by atoms with van der Waals surface area (Å²) >= 11 is 0. The van der Waals surface area contributed by atoms with Crippen LogP contribution in [0.4, 0.5) is 0 Å². The SMILES string of the molecule is CCn1cc(S(=O)(=O)N[C@H](C(=O)O)[C@@H](C)O)nc1C. The molecule has 0 aliphatic heterocycles. The Balaban J connectivity index is 3.06. The van der Waals surface area contributed by atoms with Gasteiger partial charge in [-0.1, -0.05) is 0 Å². The van der Waals surface area contributed by atoms with Crippen molar-refractivity contribution in [2.45, 2.75) is 44.5 Å². The molecule has 8 nitrogen and oxygen atoms in total. The third-order valence-electron chi connectivity index (χ3n) is 2.60. The predicted molar refractivity (Wildman–Crippen MR) is 66.1 cm³/mol. The quantitative estimate of drug-likeness (QED) is 0.638. The van der Waals surface area contributed by atoms with E-state index < -0.39 is 28.1 Å². The molecule has 1 rings (SSSR count). The number of carbonyl (C=O) groups is 1. The van der Waals surface area contributed by atoms with Gasteiger partial charge in [-0.3, -0.25) is 4.79 Å². The summed E-state index contributed by atoms with van der Waals surface area (Å²) in [6.45, 7) is 5.21. The molecular weight excluding hydrogens is 274 g/mol. The van der Waals surface area contributed by atoms with Crippen molar-refractivity contribution in [1.29, 1.82) is 0 Å². The first-order valence-electron chi connectivity index (χ1n) is 5.66. The molecule has 0 saturated heterocycles. The lowest BCUT2D eigenvalue weighted by atomic mass is 10.2. The normalized spacial score (nSPS) is 15.2. The minimum Gasteiger partial charge on any atom is -0.480 e. The van der Waals surface area contributed by atoms with Gasteiger partial charge in [0.05, 0.1) is 6.10 Å². The standard InChI is InChI=1S/C10H17N3O5S/c1-4-13-5-8(11-7(13)3)19(17,18)12-9(6(2)14)10(15)16/h5-6,9,12,14H,4H2,1-3H3,(H,15,16)/t6-,9+/m1/s1. The summed E-state index contributed by atoms with van der Waals surface area (Å²) < 4.78 is 27.5. The molecule has 0 bridgehead atoms. The van der Waals surface area contributed by atoms with Gasteiger partial charge in [0.2, 0.25) is 0 Å². The zero-order valence-electron chi connectivity index (χ0n) is 10.9. The molecular formula is C10H17N3O5S. The molecule has 2 atom stereocenters. The van der Waals surface area contributed by atoms with Crippen LogP contribution in [0.2, 0.25) is 0 Å². The average Bonchev–Trinajstić information content (AvgIpc) is 2.67. The number of sulfonamides is 1. The molecule has 3 N–H and O–H groups in total. The number of nitrogens with zero attached hydrogens (tertiary/aromatic N) is 2. The maximum Gasteiger partial charge on any atom is 0.324 e. The summed E-state index contributed by atoms with van der Waals surface area (Å²) in [5.74, 6) is -0.947. The second-order valence-corrected chi connectivity index (χ2v) is 5.75. The first kappa shape index (κ1) is 15.6. The molecule has 108 valence electrons. The fourth-order valence-corrected chi connectivity index (χ4v) is 2.78. The number of rotatable bonds is 6. The first-order chi connectivity index (χ1) is 8.69. The predicted octanol–water partition coefficient (Wildman–Crippen LogP) is -0.676. The highest BCUT2D eigenvalue weighted by molar-refractivity contribution is 7.89. The number of hydrogen-bond acceptors (Lipinski definition) is 5. The minimum atomic E-state index is -4.08. The lowest BCUT2D eigenvalue weighted by Gasteiger charge is -2.15. The van der Waals surface area contributed by atoms with Crippen molar-refractivity contribution < 1.29 is 23.4 Å². The number of aliphatic hydroxyl groups excluding tert-OH is 1. The van der Waals surface area contributed by atoms with Gasteiger partial charge in [-0.15, -0.1) is 0 Å². The van der Waals surface area contributed by atoms with Gasteiger partial charge in [0.25, 0.3) is 10.0 Å². The average molecular weight is 291 g/mol. The zero-order chi connectivity index (χ0) is 14.8. The molecule has 0 radical (unpaired) electrons. The number of nitrogens with one attached hydrogen (secondary N) is 1. The molecule has 0 aromatic carbocycles. The Bertz CT molecular complexity index is 564. The van der Waals surface area contributed by atoms with E-state index in [2.05, 4.69) is 4.98 Å². The second-order valence-electron chi connectivity index (χ2n) is 4.09. The summed E-state index contributed by atoms with van der Waals surface area (Å²) in [5.41, 5.74) is 0. The Hall–Kier alpha value is -1.45. The van der Waals surface area contributed by atoms with Crippen molar-refractivity contribution in [2.75, 3.05) is 0 Å². The summed E-state index contributed by atoms with van der Waals surface area (Å²) in [6.07, 6.45) is -0.0415. The summed E-state index contributed by atoms with van der Waals surface area (Å²) in [7, 11) is -4.08. The van der Waals surface area contributed by atoms with Crippen LogP contribution in [-0.2, 0) is 21.4 Å². The molecule has 0 amide bonds.